The summed E-state index contributed by atoms with van der Waals surface area (Å²) in [5, 5.41) is 6.47. The fourth-order valence-corrected chi connectivity index (χ4v) is 2.67. The SMILES string of the molecule is C=CCNc1cnc(CNc2ccc3nc(-c4cccnc4)[nH]c3c2)cn1. The van der Waals surface area contributed by atoms with Gasteiger partial charge in [-0.25, -0.2) is 9.97 Å². The summed E-state index contributed by atoms with van der Waals surface area (Å²) in [5.74, 6) is 1.55. The number of imidazole rings is 1. The monoisotopic (exact) mass is 357 g/mol. The van der Waals surface area contributed by atoms with Crippen molar-refractivity contribution in [3.63, 3.8) is 0 Å². The van der Waals surface area contributed by atoms with Crippen LogP contribution in [-0.2, 0) is 6.54 Å². The highest BCUT2D eigenvalue weighted by molar-refractivity contribution is 5.82. The van der Waals surface area contributed by atoms with Gasteiger partial charge in [0.2, 0.25) is 0 Å². The van der Waals surface area contributed by atoms with Crippen molar-refractivity contribution in [2.45, 2.75) is 6.54 Å². The van der Waals surface area contributed by atoms with Crippen molar-refractivity contribution in [3.05, 3.63) is 73.5 Å². The molecule has 7 heteroatoms. The van der Waals surface area contributed by atoms with Gasteiger partial charge in [0.15, 0.2) is 0 Å². The van der Waals surface area contributed by atoms with Gasteiger partial charge in [-0.15, -0.1) is 6.58 Å². The highest BCUT2D eigenvalue weighted by atomic mass is 15.0. The number of aromatic amines is 1. The second-order valence-corrected chi connectivity index (χ2v) is 5.98. The van der Waals surface area contributed by atoms with E-state index in [1.165, 1.54) is 0 Å². The first-order valence-corrected chi connectivity index (χ1v) is 8.61. The van der Waals surface area contributed by atoms with Gasteiger partial charge in [0.25, 0.3) is 0 Å². The molecule has 0 atom stereocenters. The van der Waals surface area contributed by atoms with Crippen molar-refractivity contribution in [1.29, 1.82) is 0 Å². The van der Waals surface area contributed by atoms with E-state index in [2.05, 4.69) is 42.1 Å². The van der Waals surface area contributed by atoms with Gasteiger partial charge in [0.05, 0.1) is 35.7 Å². The van der Waals surface area contributed by atoms with E-state index in [0.717, 1.165) is 39.6 Å². The third-order valence-electron chi connectivity index (χ3n) is 4.02. The molecule has 27 heavy (non-hydrogen) atoms. The average molecular weight is 357 g/mol. The molecule has 4 aromatic rings. The number of rotatable bonds is 7. The molecule has 3 heterocycles. The van der Waals surface area contributed by atoms with Crippen LogP contribution < -0.4 is 10.6 Å². The minimum absolute atomic E-state index is 0.587. The second kappa shape index (κ2) is 7.65. The predicted molar refractivity (Wildman–Crippen MR) is 107 cm³/mol. The van der Waals surface area contributed by atoms with E-state index in [1.807, 2.05) is 30.3 Å². The Labute approximate surface area is 156 Å². The maximum absolute atomic E-state index is 4.62. The van der Waals surface area contributed by atoms with E-state index in [1.54, 1.807) is 30.9 Å². The molecule has 134 valence electrons. The lowest BCUT2D eigenvalue weighted by Gasteiger charge is -2.07. The van der Waals surface area contributed by atoms with Gasteiger partial charge < -0.3 is 15.6 Å². The molecule has 0 saturated heterocycles. The smallest absolute Gasteiger partial charge is 0.144 e. The summed E-state index contributed by atoms with van der Waals surface area (Å²) in [6, 6.07) is 9.91. The molecule has 3 N–H and O–H groups in total. The van der Waals surface area contributed by atoms with Gasteiger partial charge in [-0.3, -0.25) is 9.97 Å². The summed E-state index contributed by atoms with van der Waals surface area (Å²) >= 11 is 0. The van der Waals surface area contributed by atoms with Crippen LogP contribution in [0, 0.1) is 0 Å². The molecule has 7 nitrogen and oxygen atoms in total. The highest BCUT2D eigenvalue weighted by Gasteiger charge is 2.06. The fourth-order valence-electron chi connectivity index (χ4n) is 2.67. The maximum atomic E-state index is 4.62. The summed E-state index contributed by atoms with van der Waals surface area (Å²) in [4.78, 5) is 20.8. The zero-order valence-electron chi connectivity index (χ0n) is 14.7. The zero-order chi connectivity index (χ0) is 18.5. The van der Waals surface area contributed by atoms with Gasteiger partial charge in [-0.05, 0) is 30.3 Å². The third kappa shape index (κ3) is 3.92. The molecule has 4 rings (SSSR count). The molecule has 0 saturated carbocycles. The molecule has 0 radical (unpaired) electrons. The summed E-state index contributed by atoms with van der Waals surface area (Å²) in [7, 11) is 0. The summed E-state index contributed by atoms with van der Waals surface area (Å²) in [6.07, 6.45) is 8.80. The van der Waals surface area contributed by atoms with Crippen LogP contribution >= 0.6 is 0 Å². The first-order chi connectivity index (χ1) is 13.3. The van der Waals surface area contributed by atoms with Crippen LogP contribution in [0.4, 0.5) is 11.5 Å². The summed E-state index contributed by atoms with van der Waals surface area (Å²) in [6.45, 7) is 4.92. The van der Waals surface area contributed by atoms with Crippen LogP contribution in [-0.4, -0.2) is 31.5 Å². The number of nitrogens with zero attached hydrogens (tertiary/aromatic N) is 4. The summed E-state index contributed by atoms with van der Waals surface area (Å²) < 4.78 is 0. The molecule has 0 spiro atoms. The minimum Gasteiger partial charge on any atom is -0.379 e. The van der Waals surface area contributed by atoms with Crippen molar-refractivity contribution >= 4 is 22.5 Å². The minimum atomic E-state index is 0.587. The number of H-pyrrole nitrogens is 1. The van der Waals surface area contributed by atoms with E-state index in [0.29, 0.717) is 13.1 Å². The average Bonchev–Trinajstić information content (AvgIpc) is 3.15. The molecular formula is C20H19N7. The van der Waals surface area contributed by atoms with Crippen LogP contribution in [0.5, 0.6) is 0 Å². The predicted octanol–water partition coefficient (Wildman–Crippen LogP) is 3.62. The molecule has 1 aromatic carbocycles. The quantitative estimate of drug-likeness (QED) is 0.438. The van der Waals surface area contributed by atoms with E-state index in [-0.39, 0.29) is 0 Å². The topological polar surface area (TPSA) is 91.4 Å². The Morgan fingerprint density at radius 2 is 2.04 bits per heavy atom. The van der Waals surface area contributed by atoms with Crippen molar-refractivity contribution in [2.75, 3.05) is 17.2 Å². The highest BCUT2D eigenvalue weighted by Crippen LogP contribution is 2.22. The molecule has 0 aliphatic rings. The van der Waals surface area contributed by atoms with Crippen LogP contribution in [0.1, 0.15) is 5.69 Å². The number of benzene rings is 1. The standard InChI is InChI=1S/C20H19N7/c1-2-7-22-19-13-24-16(12-25-19)11-23-15-5-6-17-18(9-15)27-20(26-17)14-4-3-8-21-10-14/h2-6,8-10,12-13,23H,1,7,11H2,(H,22,25)(H,26,27). The Hall–Kier alpha value is -3.74. The largest absolute Gasteiger partial charge is 0.379 e. The lowest BCUT2D eigenvalue weighted by atomic mass is 10.2. The molecule has 0 aliphatic carbocycles. The fraction of sp³-hybridized carbons (Fsp3) is 0.100. The van der Waals surface area contributed by atoms with E-state index >= 15 is 0 Å². The normalized spacial score (nSPS) is 10.7. The van der Waals surface area contributed by atoms with Gasteiger partial charge in [0, 0.05) is 30.2 Å². The first-order valence-electron chi connectivity index (χ1n) is 8.61. The van der Waals surface area contributed by atoms with Crippen LogP contribution in [0.15, 0.2) is 67.8 Å². The molecule has 0 fully saturated rings. The number of fused-ring (bicyclic) bond motifs is 1. The molecule has 0 amide bonds. The second-order valence-electron chi connectivity index (χ2n) is 5.98. The molecule has 3 aromatic heterocycles. The van der Waals surface area contributed by atoms with Gasteiger partial charge in [-0.1, -0.05) is 6.08 Å². The van der Waals surface area contributed by atoms with Crippen LogP contribution in [0.2, 0.25) is 0 Å². The number of hydrogen-bond donors (Lipinski definition) is 3. The molecule has 0 bridgehead atoms. The van der Waals surface area contributed by atoms with Gasteiger partial charge in [-0.2, -0.15) is 0 Å². The summed E-state index contributed by atoms with van der Waals surface area (Å²) in [5.41, 5.74) is 4.69. The van der Waals surface area contributed by atoms with Gasteiger partial charge in [0.1, 0.15) is 11.6 Å². The Bertz CT molecular complexity index is 1040. The number of nitrogens with one attached hydrogen (secondary N) is 3. The molecule has 0 unspecified atom stereocenters. The molecule has 0 aliphatic heterocycles. The Morgan fingerprint density at radius 3 is 2.81 bits per heavy atom. The maximum Gasteiger partial charge on any atom is 0.144 e. The number of anilines is 2. The van der Waals surface area contributed by atoms with Crippen molar-refractivity contribution < 1.29 is 0 Å². The first kappa shape index (κ1) is 16.7. The van der Waals surface area contributed by atoms with E-state index < -0.39 is 0 Å². The Morgan fingerprint density at radius 1 is 1.07 bits per heavy atom. The van der Waals surface area contributed by atoms with E-state index in [4.69, 9.17) is 0 Å². The lowest BCUT2D eigenvalue weighted by Crippen LogP contribution is -2.05. The van der Waals surface area contributed by atoms with Crippen LogP contribution in [0.25, 0.3) is 22.4 Å². The van der Waals surface area contributed by atoms with Crippen molar-refractivity contribution in [2.24, 2.45) is 0 Å². The number of aromatic nitrogens is 5. The third-order valence-corrected chi connectivity index (χ3v) is 4.02. The Balaban J connectivity index is 1.45. The zero-order valence-corrected chi connectivity index (χ0v) is 14.7. The van der Waals surface area contributed by atoms with E-state index in [9.17, 15) is 0 Å². The number of hydrogen-bond acceptors (Lipinski definition) is 6. The van der Waals surface area contributed by atoms with Crippen molar-refractivity contribution in [3.8, 4) is 11.4 Å². The molecular weight excluding hydrogens is 338 g/mol. The van der Waals surface area contributed by atoms with Crippen molar-refractivity contribution in [1.82, 2.24) is 24.9 Å². The Kier molecular flexibility index (Phi) is 4.74. The lowest BCUT2D eigenvalue weighted by molar-refractivity contribution is 1.01. The van der Waals surface area contributed by atoms with Gasteiger partial charge >= 0.3 is 0 Å². The number of pyridine rings is 1. The van der Waals surface area contributed by atoms with Crippen LogP contribution in [0.3, 0.4) is 0 Å².